The van der Waals surface area contributed by atoms with Crippen LogP contribution in [0.5, 0.6) is 0 Å². The highest BCUT2D eigenvalue weighted by atomic mass is 16.3. The van der Waals surface area contributed by atoms with Crippen LogP contribution in [0.4, 0.5) is 0 Å². The number of rotatable bonds is 6. The molecule has 4 rings (SSSR count). The van der Waals surface area contributed by atoms with Crippen molar-refractivity contribution >= 4 is 5.91 Å². The first-order chi connectivity index (χ1) is 12.7. The van der Waals surface area contributed by atoms with E-state index >= 15 is 0 Å². The fourth-order valence-electron chi connectivity index (χ4n) is 4.17. The molecule has 1 aromatic carbocycles. The van der Waals surface area contributed by atoms with Crippen LogP contribution in [-0.2, 0) is 17.6 Å². The van der Waals surface area contributed by atoms with Crippen LogP contribution in [-0.4, -0.2) is 23.9 Å². The number of hydrogen-bond donors (Lipinski definition) is 0. The fourth-order valence-corrected chi connectivity index (χ4v) is 4.17. The Labute approximate surface area is 156 Å². The Balaban J connectivity index is 1.20. The zero-order valence-electron chi connectivity index (χ0n) is 15.7. The molecule has 3 heteroatoms. The molecule has 3 nitrogen and oxygen atoms in total. The number of nitrogens with zero attached hydrogens (tertiary/aromatic N) is 1. The first kappa shape index (κ1) is 17.4. The maximum atomic E-state index is 12.5. The van der Waals surface area contributed by atoms with E-state index in [-0.39, 0.29) is 5.91 Å². The molecular weight excluding hydrogens is 322 g/mol. The third-order valence-corrected chi connectivity index (χ3v) is 6.08. The van der Waals surface area contributed by atoms with Crippen LogP contribution in [0.1, 0.15) is 55.6 Å². The summed E-state index contributed by atoms with van der Waals surface area (Å²) in [5.74, 6) is 4.43. The summed E-state index contributed by atoms with van der Waals surface area (Å²) < 4.78 is 5.93. The van der Waals surface area contributed by atoms with Crippen LogP contribution in [0, 0.1) is 11.8 Å². The molecule has 1 aliphatic heterocycles. The zero-order valence-corrected chi connectivity index (χ0v) is 15.7. The van der Waals surface area contributed by atoms with Gasteiger partial charge in [0.25, 0.3) is 0 Å². The average molecular weight is 351 g/mol. The molecule has 1 saturated carbocycles. The lowest BCUT2D eigenvalue weighted by molar-refractivity contribution is -0.132. The Morgan fingerprint density at radius 1 is 1.12 bits per heavy atom. The van der Waals surface area contributed by atoms with E-state index in [1.165, 1.54) is 12.0 Å². The SMILES string of the molecule is CC1CC1c1ccc(CCC(=O)N2CCC(Cc3ccccc3)CC2)o1. The lowest BCUT2D eigenvalue weighted by Crippen LogP contribution is -2.39. The lowest BCUT2D eigenvalue weighted by Gasteiger charge is -2.32. The number of hydrogen-bond acceptors (Lipinski definition) is 2. The van der Waals surface area contributed by atoms with Crippen LogP contribution in [0.2, 0.25) is 0 Å². The molecule has 0 bridgehead atoms. The predicted octanol–water partition coefficient (Wildman–Crippen LogP) is 4.82. The number of aryl methyl sites for hydroxylation is 1. The van der Waals surface area contributed by atoms with Gasteiger partial charge in [-0.15, -0.1) is 0 Å². The molecule has 1 aromatic heterocycles. The third-order valence-electron chi connectivity index (χ3n) is 6.08. The Hall–Kier alpha value is -2.03. The first-order valence-corrected chi connectivity index (χ1v) is 10.1. The van der Waals surface area contributed by atoms with Crippen LogP contribution >= 0.6 is 0 Å². The number of benzene rings is 1. The van der Waals surface area contributed by atoms with E-state index in [1.807, 2.05) is 4.90 Å². The second kappa shape index (κ2) is 7.69. The standard InChI is InChI=1S/C23H29NO2/c1-17-15-21(17)22-9-7-20(26-22)8-10-23(25)24-13-11-19(12-14-24)16-18-5-3-2-4-6-18/h2-7,9,17,19,21H,8,10-16H2,1H3. The van der Waals surface area contributed by atoms with Crippen molar-refractivity contribution in [2.75, 3.05) is 13.1 Å². The van der Waals surface area contributed by atoms with Gasteiger partial charge in [0.1, 0.15) is 11.5 Å². The second-order valence-electron chi connectivity index (χ2n) is 8.14. The van der Waals surface area contributed by atoms with Gasteiger partial charge >= 0.3 is 0 Å². The molecule has 2 aliphatic rings. The van der Waals surface area contributed by atoms with E-state index in [0.29, 0.717) is 18.3 Å². The Bertz CT molecular complexity index is 728. The van der Waals surface area contributed by atoms with Gasteiger partial charge in [-0.05, 0) is 55.2 Å². The molecule has 1 aliphatic carbocycles. The summed E-state index contributed by atoms with van der Waals surface area (Å²) in [5.41, 5.74) is 1.41. The Morgan fingerprint density at radius 2 is 1.85 bits per heavy atom. The lowest BCUT2D eigenvalue weighted by atomic mass is 9.90. The summed E-state index contributed by atoms with van der Waals surface area (Å²) in [6, 6.07) is 14.9. The predicted molar refractivity (Wildman–Crippen MR) is 103 cm³/mol. The molecule has 2 aromatic rings. The van der Waals surface area contributed by atoms with Crippen molar-refractivity contribution in [3.05, 3.63) is 59.5 Å². The summed E-state index contributed by atoms with van der Waals surface area (Å²) in [6.07, 6.45) is 5.90. The number of piperidine rings is 1. The number of likely N-dealkylation sites (tertiary alicyclic amines) is 1. The van der Waals surface area contributed by atoms with Gasteiger partial charge in [0.05, 0.1) is 0 Å². The van der Waals surface area contributed by atoms with Gasteiger partial charge in [-0.3, -0.25) is 4.79 Å². The number of furan rings is 1. The molecule has 0 spiro atoms. The minimum Gasteiger partial charge on any atom is -0.466 e. The van der Waals surface area contributed by atoms with Gasteiger partial charge in [-0.2, -0.15) is 0 Å². The smallest absolute Gasteiger partial charge is 0.223 e. The van der Waals surface area contributed by atoms with Gasteiger partial charge in [0.2, 0.25) is 5.91 Å². The first-order valence-electron chi connectivity index (χ1n) is 10.1. The fraction of sp³-hybridized carbons (Fsp3) is 0.522. The molecule has 0 radical (unpaired) electrons. The molecule has 1 amide bonds. The molecular formula is C23H29NO2. The van der Waals surface area contributed by atoms with Crippen LogP contribution in [0.15, 0.2) is 46.9 Å². The van der Waals surface area contributed by atoms with Crippen LogP contribution in [0.3, 0.4) is 0 Å². The topological polar surface area (TPSA) is 33.5 Å². The highest BCUT2D eigenvalue weighted by Crippen LogP contribution is 2.47. The highest BCUT2D eigenvalue weighted by Gasteiger charge is 2.36. The summed E-state index contributed by atoms with van der Waals surface area (Å²) >= 11 is 0. The molecule has 0 N–H and O–H groups in total. The summed E-state index contributed by atoms with van der Waals surface area (Å²) in [6.45, 7) is 4.07. The van der Waals surface area contributed by atoms with Gasteiger partial charge in [0.15, 0.2) is 0 Å². The normalized spacial score (nSPS) is 23.2. The van der Waals surface area contributed by atoms with E-state index in [1.54, 1.807) is 0 Å². The van der Waals surface area contributed by atoms with Crippen molar-refractivity contribution in [2.45, 2.75) is 51.4 Å². The van der Waals surface area contributed by atoms with Gasteiger partial charge in [0, 0.05) is 31.8 Å². The van der Waals surface area contributed by atoms with Crippen LogP contribution < -0.4 is 0 Å². The number of amides is 1. The molecule has 2 unspecified atom stereocenters. The third kappa shape index (κ3) is 4.20. The van der Waals surface area contributed by atoms with E-state index in [2.05, 4.69) is 49.4 Å². The minimum atomic E-state index is 0.279. The van der Waals surface area contributed by atoms with Crippen molar-refractivity contribution in [3.63, 3.8) is 0 Å². The number of carbonyl (C=O) groups is 1. The average Bonchev–Trinajstić information content (AvgIpc) is 3.21. The van der Waals surface area contributed by atoms with Crippen molar-refractivity contribution in [3.8, 4) is 0 Å². The zero-order chi connectivity index (χ0) is 17.9. The van der Waals surface area contributed by atoms with E-state index in [9.17, 15) is 4.79 Å². The van der Waals surface area contributed by atoms with E-state index in [4.69, 9.17) is 4.42 Å². The summed E-state index contributed by atoms with van der Waals surface area (Å²) in [7, 11) is 0. The molecule has 2 atom stereocenters. The second-order valence-corrected chi connectivity index (χ2v) is 8.14. The summed E-state index contributed by atoms with van der Waals surface area (Å²) in [5, 5.41) is 0. The number of carbonyl (C=O) groups excluding carboxylic acids is 1. The quantitative estimate of drug-likeness (QED) is 0.748. The van der Waals surface area contributed by atoms with E-state index < -0.39 is 0 Å². The molecule has 1 saturated heterocycles. The maximum Gasteiger partial charge on any atom is 0.223 e. The summed E-state index contributed by atoms with van der Waals surface area (Å²) in [4.78, 5) is 14.6. The molecule has 138 valence electrons. The van der Waals surface area contributed by atoms with Gasteiger partial charge in [-0.1, -0.05) is 37.3 Å². The molecule has 2 heterocycles. The minimum absolute atomic E-state index is 0.279. The van der Waals surface area contributed by atoms with Crippen molar-refractivity contribution in [1.29, 1.82) is 0 Å². The monoisotopic (exact) mass is 351 g/mol. The highest BCUT2D eigenvalue weighted by molar-refractivity contribution is 5.76. The molecule has 26 heavy (non-hydrogen) atoms. The Kier molecular flexibility index (Phi) is 5.14. The molecule has 2 fully saturated rings. The van der Waals surface area contributed by atoms with Crippen molar-refractivity contribution < 1.29 is 9.21 Å². The van der Waals surface area contributed by atoms with Crippen LogP contribution in [0.25, 0.3) is 0 Å². The Morgan fingerprint density at radius 3 is 2.54 bits per heavy atom. The van der Waals surface area contributed by atoms with Crippen molar-refractivity contribution in [1.82, 2.24) is 4.90 Å². The maximum absolute atomic E-state index is 12.5. The van der Waals surface area contributed by atoms with Gasteiger partial charge < -0.3 is 9.32 Å². The van der Waals surface area contributed by atoms with Gasteiger partial charge in [-0.25, -0.2) is 0 Å². The van der Waals surface area contributed by atoms with E-state index in [0.717, 1.165) is 56.2 Å². The largest absolute Gasteiger partial charge is 0.466 e. The van der Waals surface area contributed by atoms with Crippen molar-refractivity contribution in [2.24, 2.45) is 11.8 Å².